The molecule has 0 aliphatic carbocycles. The molecule has 8 nitrogen and oxygen atoms in total. The zero-order valence-electron chi connectivity index (χ0n) is 40.4. The van der Waals surface area contributed by atoms with Gasteiger partial charge >= 0.3 is 228 Å². The summed E-state index contributed by atoms with van der Waals surface area (Å²) in [6.07, 6.45) is 48.5. The Labute approximate surface area is 381 Å². The second kappa shape index (κ2) is 46.2. The molecule has 9 heteroatoms. The van der Waals surface area contributed by atoms with Crippen LogP contribution in [0.5, 0.6) is 0 Å². The van der Waals surface area contributed by atoms with Crippen LogP contribution in [0.3, 0.4) is 0 Å². The molecule has 0 aromatic carbocycles. The van der Waals surface area contributed by atoms with Gasteiger partial charge in [-0.15, -0.1) is 0 Å². The minimum Gasteiger partial charge on any atom is -0.0654 e. The van der Waals surface area contributed by atoms with Gasteiger partial charge in [0.2, 0.25) is 0 Å². The Hall–Kier alpha value is -1.84. The first-order valence-corrected chi connectivity index (χ1v) is 32.3. The fraction of sp³-hybridized carbons (Fsp3) is 0.846. The number of unbranched alkanes of at least 4 members (excludes halogenated alkanes) is 32. The zero-order chi connectivity index (χ0) is 44.8. The molecule has 0 N–H and O–H groups in total. The summed E-state index contributed by atoms with van der Waals surface area (Å²) < 4.78 is 23.6. The van der Waals surface area contributed by atoms with Crippen molar-refractivity contribution in [3.63, 3.8) is 0 Å². The van der Waals surface area contributed by atoms with Gasteiger partial charge in [0.05, 0.1) is 0 Å². The average Bonchev–Trinajstić information content (AvgIpc) is 3.25. The van der Waals surface area contributed by atoms with Gasteiger partial charge in [0, 0.05) is 0 Å². The van der Waals surface area contributed by atoms with Crippen LogP contribution >= 0.6 is 0 Å². The molecule has 0 rings (SSSR count). The van der Waals surface area contributed by atoms with Crippen LogP contribution in [0.15, 0.2) is 24.3 Å². The van der Waals surface area contributed by atoms with Crippen molar-refractivity contribution in [3.05, 3.63) is 24.3 Å². The van der Waals surface area contributed by atoms with E-state index in [1.807, 2.05) is 13.8 Å². The van der Waals surface area contributed by atoms with E-state index in [0.717, 1.165) is 88.5 Å². The van der Waals surface area contributed by atoms with Gasteiger partial charge in [-0.05, 0) is 0 Å². The third-order valence-electron chi connectivity index (χ3n) is 11.6. The van der Waals surface area contributed by atoms with Gasteiger partial charge in [0.15, 0.2) is 0 Å². The van der Waals surface area contributed by atoms with Crippen LogP contribution in [0.1, 0.15) is 259 Å². The van der Waals surface area contributed by atoms with Crippen molar-refractivity contribution in [1.82, 2.24) is 0 Å². The minimum atomic E-state index is -4.29. The van der Waals surface area contributed by atoms with E-state index in [9.17, 15) is 19.2 Å². The molecule has 0 saturated heterocycles. The Bertz CT molecular complexity index is 1010. The van der Waals surface area contributed by atoms with Gasteiger partial charge in [-0.2, -0.15) is 0 Å². The molecule has 0 amide bonds. The van der Waals surface area contributed by atoms with Crippen LogP contribution in [0.4, 0.5) is 0 Å². The van der Waals surface area contributed by atoms with Crippen molar-refractivity contribution in [2.75, 3.05) is 13.2 Å². The van der Waals surface area contributed by atoms with Crippen molar-refractivity contribution in [3.8, 4) is 0 Å². The van der Waals surface area contributed by atoms with Crippen LogP contribution in [-0.4, -0.2) is 56.3 Å². The maximum absolute atomic E-state index is 13.0. The molecule has 0 radical (unpaired) electrons. The van der Waals surface area contributed by atoms with Crippen molar-refractivity contribution in [2.24, 2.45) is 0 Å². The van der Waals surface area contributed by atoms with Crippen molar-refractivity contribution in [2.45, 2.75) is 268 Å². The number of ether oxygens (including phenoxy) is 2. The number of hydrogen-bond donors (Lipinski definition) is 0. The second-order valence-electron chi connectivity index (χ2n) is 17.6. The summed E-state index contributed by atoms with van der Waals surface area (Å²) in [6.45, 7) is 9.24. The molecule has 0 heterocycles. The Morgan fingerprint density at radius 1 is 0.295 bits per heavy atom. The molecular weight excluding hydrogens is 871 g/mol. The first-order valence-electron chi connectivity index (χ1n) is 26.0. The van der Waals surface area contributed by atoms with Crippen molar-refractivity contribution in [1.29, 1.82) is 0 Å². The first-order chi connectivity index (χ1) is 29.8. The van der Waals surface area contributed by atoms with Crippen LogP contribution in [-0.2, 0) is 34.8 Å². The number of carbonyl (C=O) groups excluding carboxylic acids is 4. The van der Waals surface area contributed by atoms with E-state index in [1.54, 1.807) is 0 Å². The van der Waals surface area contributed by atoms with Gasteiger partial charge in [-0.1, -0.05) is 155 Å². The molecule has 0 fully saturated rings. The van der Waals surface area contributed by atoms with Gasteiger partial charge < -0.3 is 0 Å². The number of esters is 2. The molecule has 0 saturated carbocycles. The minimum absolute atomic E-state index is 0.318. The Morgan fingerprint density at radius 3 is 0.754 bits per heavy atom. The van der Waals surface area contributed by atoms with E-state index < -0.39 is 43.1 Å². The Balaban J connectivity index is 4.35. The van der Waals surface area contributed by atoms with E-state index in [-0.39, 0.29) is 0 Å². The smallest absolute Gasteiger partial charge is 0.0654 e. The summed E-state index contributed by atoms with van der Waals surface area (Å²) in [5.41, 5.74) is 0. The molecule has 0 spiro atoms. The third kappa shape index (κ3) is 41.9. The van der Waals surface area contributed by atoms with E-state index in [2.05, 4.69) is 13.8 Å². The topological polar surface area (TPSA) is 105 Å². The first kappa shape index (κ1) is 59.2. The molecule has 61 heavy (non-hydrogen) atoms. The van der Waals surface area contributed by atoms with Gasteiger partial charge in [-0.25, -0.2) is 0 Å². The zero-order valence-corrected chi connectivity index (χ0v) is 43.2. The van der Waals surface area contributed by atoms with Crippen molar-refractivity contribution < 1.29 is 34.8 Å². The summed E-state index contributed by atoms with van der Waals surface area (Å²) in [6, 6.07) is 0. The quantitative estimate of drug-likeness (QED) is 0.0257. The van der Waals surface area contributed by atoms with E-state index in [4.69, 9.17) is 15.6 Å². The van der Waals surface area contributed by atoms with Crippen LogP contribution in [0.2, 0.25) is 8.87 Å². The second-order valence-corrected chi connectivity index (χ2v) is 26.8. The molecule has 0 unspecified atom stereocenters. The molecule has 0 aliphatic heterocycles. The van der Waals surface area contributed by atoms with Gasteiger partial charge in [-0.3, -0.25) is 0 Å². The molecule has 356 valence electrons. The number of hydrogen-bond acceptors (Lipinski definition) is 8. The standard InChI is InChI=1S/2C22H40O4.2C4H9.Sn/c2*1-2-3-4-5-6-7-8-9-10-11-12-13-14-15-16-17-20-26-22(25)19-18-21(23)24;2*1-3-4-2;/h2*18-19H,2-17,20H2,1H3,(H,23,24);2*1,3-4H2,2H3;/q;;;;+2/p-2. The summed E-state index contributed by atoms with van der Waals surface area (Å²) in [7, 11) is 0. The normalized spacial score (nSPS) is 11.7. The predicted octanol–water partition coefficient (Wildman–Crippen LogP) is 15.8. The van der Waals surface area contributed by atoms with E-state index in [0.29, 0.717) is 22.1 Å². The van der Waals surface area contributed by atoms with Crippen LogP contribution in [0, 0.1) is 0 Å². The van der Waals surface area contributed by atoms with Gasteiger partial charge in [0.1, 0.15) is 0 Å². The molecule has 0 aromatic heterocycles. The van der Waals surface area contributed by atoms with Crippen LogP contribution in [0.25, 0.3) is 0 Å². The van der Waals surface area contributed by atoms with Crippen molar-refractivity contribution >= 4 is 43.1 Å². The Kier molecular flexibility index (Phi) is 44.8. The predicted molar refractivity (Wildman–Crippen MR) is 257 cm³/mol. The summed E-state index contributed by atoms with van der Waals surface area (Å²) in [5.74, 6) is -2.56. The van der Waals surface area contributed by atoms with E-state index >= 15 is 0 Å². The fourth-order valence-electron chi connectivity index (χ4n) is 7.69. The average molecular weight is 968 g/mol. The van der Waals surface area contributed by atoms with Crippen LogP contribution < -0.4 is 0 Å². The monoisotopic (exact) mass is 969 g/mol. The SMILES string of the molecule is CCCCCCCCCCCCCCCCCCOC(=O)C=CC(=O)[O][Sn]([CH2]CCC)([CH2]CCC)[O]C(=O)C=CC(=O)OCCCCCCCCCCCCCCCCCC. The molecule has 0 aromatic rings. The molecule has 0 atom stereocenters. The maximum atomic E-state index is 13.0. The Morgan fingerprint density at radius 2 is 0.508 bits per heavy atom. The summed E-state index contributed by atoms with van der Waals surface area (Å²) in [4.78, 5) is 50.6. The molecular formula is C52H96O8Sn. The summed E-state index contributed by atoms with van der Waals surface area (Å²) >= 11 is -4.29. The molecule has 0 aliphatic rings. The fourth-order valence-corrected chi connectivity index (χ4v) is 17.3. The summed E-state index contributed by atoms with van der Waals surface area (Å²) in [5, 5.41) is 0. The van der Waals surface area contributed by atoms with E-state index in [1.165, 1.54) is 167 Å². The third-order valence-corrected chi connectivity index (χ3v) is 21.2. The van der Waals surface area contributed by atoms with Gasteiger partial charge in [0.25, 0.3) is 0 Å². The molecule has 0 bridgehead atoms. The number of rotatable bonds is 46. The number of carbonyl (C=O) groups is 4.